The zero-order chi connectivity index (χ0) is 16.8. The van der Waals surface area contributed by atoms with Gasteiger partial charge in [0.05, 0.1) is 13.5 Å². The van der Waals surface area contributed by atoms with Gasteiger partial charge >= 0.3 is 12.4 Å². The lowest BCUT2D eigenvalue weighted by atomic mass is 10.1. The number of aromatic nitrogens is 2. The van der Waals surface area contributed by atoms with Crippen LogP contribution >= 0.6 is 0 Å². The quantitative estimate of drug-likeness (QED) is 0.816. The summed E-state index contributed by atoms with van der Waals surface area (Å²) in [5, 5.41) is 6.00. The number of hydrogen-bond acceptors (Lipinski definition) is 6. The predicted molar refractivity (Wildman–Crippen MR) is 73.7 cm³/mol. The smallest absolute Gasteiger partial charge is 0.315 e. The maximum atomic E-state index is 12.4. The van der Waals surface area contributed by atoms with Gasteiger partial charge in [-0.05, 0) is 12.1 Å². The number of carbonyl (C=O) groups is 2. The van der Waals surface area contributed by atoms with Crippen LogP contribution in [0.3, 0.4) is 0 Å². The molecule has 1 aromatic heterocycles. The molecule has 122 valence electrons. The van der Waals surface area contributed by atoms with E-state index in [1.54, 1.807) is 0 Å². The van der Waals surface area contributed by atoms with Crippen LogP contribution in [-0.4, -0.2) is 35.7 Å². The summed E-state index contributed by atoms with van der Waals surface area (Å²) in [6.07, 6.45) is -2.77. The van der Waals surface area contributed by atoms with E-state index in [-0.39, 0.29) is 24.7 Å². The molecular formula is C14H13F2N3O4. The minimum Gasteiger partial charge on any atom is -0.469 e. The lowest BCUT2D eigenvalue weighted by molar-refractivity contribution is -0.140. The van der Waals surface area contributed by atoms with E-state index < -0.39 is 18.3 Å². The number of esters is 1. The summed E-state index contributed by atoms with van der Waals surface area (Å²) in [4.78, 5) is 26.3. The van der Waals surface area contributed by atoms with Crippen LogP contribution in [0.15, 0.2) is 28.8 Å². The molecule has 1 aromatic carbocycles. The molecule has 0 aliphatic carbocycles. The summed E-state index contributed by atoms with van der Waals surface area (Å²) < 4.78 is 33.6. The van der Waals surface area contributed by atoms with E-state index in [1.807, 2.05) is 0 Å². The number of methoxy groups -OCH3 is 1. The highest BCUT2D eigenvalue weighted by Gasteiger charge is 2.17. The second-order valence-corrected chi connectivity index (χ2v) is 4.42. The SMILES string of the molecule is COC(=O)CCNC(=O)c1ccc(-c2noc(C(F)F)n2)cc1. The number of nitrogens with one attached hydrogen (secondary N) is 1. The van der Waals surface area contributed by atoms with Crippen molar-refractivity contribution in [2.75, 3.05) is 13.7 Å². The van der Waals surface area contributed by atoms with Crippen LogP contribution in [0, 0.1) is 0 Å². The number of halogens is 2. The fourth-order valence-electron chi connectivity index (χ4n) is 1.69. The summed E-state index contributed by atoms with van der Waals surface area (Å²) >= 11 is 0. The molecule has 0 aliphatic heterocycles. The van der Waals surface area contributed by atoms with Crippen molar-refractivity contribution in [2.45, 2.75) is 12.8 Å². The van der Waals surface area contributed by atoms with Crippen LogP contribution in [0.5, 0.6) is 0 Å². The van der Waals surface area contributed by atoms with Gasteiger partial charge in [0.1, 0.15) is 0 Å². The summed E-state index contributed by atoms with van der Waals surface area (Å²) in [7, 11) is 1.26. The average Bonchev–Trinajstić information content (AvgIpc) is 3.05. The van der Waals surface area contributed by atoms with Crippen molar-refractivity contribution in [1.82, 2.24) is 15.5 Å². The first-order valence-electron chi connectivity index (χ1n) is 6.58. The maximum absolute atomic E-state index is 12.4. The van der Waals surface area contributed by atoms with Gasteiger partial charge in [0.15, 0.2) is 0 Å². The first kappa shape index (κ1) is 16.5. The lowest BCUT2D eigenvalue weighted by Gasteiger charge is -2.04. The number of amides is 1. The van der Waals surface area contributed by atoms with Gasteiger partial charge in [0, 0.05) is 17.7 Å². The Hall–Kier alpha value is -2.84. The highest BCUT2D eigenvalue weighted by atomic mass is 19.3. The number of benzene rings is 1. The molecule has 23 heavy (non-hydrogen) atoms. The highest BCUT2D eigenvalue weighted by molar-refractivity contribution is 5.94. The zero-order valence-corrected chi connectivity index (χ0v) is 12.1. The third-order valence-corrected chi connectivity index (χ3v) is 2.88. The molecule has 2 aromatic rings. The molecule has 1 N–H and O–H groups in total. The molecule has 1 amide bonds. The number of alkyl halides is 2. The van der Waals surface area contributed by atoms with Gasteiger partial charge in [-0.15, -0.1) is 0 Å². The Labute approximate surface area is 129 Å². The van der Waals surface area contributed by atoms with Crippen molar-refractivity contribution >= 4 is 11.9 Å². The summed E-state index contributed by atoms with van der Waals surface area (Å²) in [6, 6.07) is 5.99. The van der Waals surface area contributed by atoms with Crippen molar-refractivity contribution in [3.8, 4) is 11.4 Å². The third-order valence-electron chi connectivity index (χ3n) is 2.88. The second-order valence-electron chi connectivity index (χ2n) is 4.42. The molecule has 0 bridgehead atoms. The number of ether oxygens (including phenoxy) is 1. The second kappa shape index (κ2) is 7.43. The van der Waals surface area contributed by atoms with Gasteiger partial charge in [0.2, 0.25) is 5.82 Å². The van der Waals surface area contributed by atoms with Crippen molar-refractivity contribution in [3.63, 3.8) is 0 Å². The molecule has 0 radical (unpaired) electrons. The van der Waals surface area contributed by atoms with E-state index in [4.69, 9.17) is 0 Å². The van der Waals surface area contributed by atoms with E-state index in [9.17, 15) is 18.4 Å². The van der Waals surface area contributed by atoms with E-state index in [0.717, 1.165) is 0 Å². The molecule has 7 nitrogen and oxygen atoms in total. The topological polar surface area (TPSA) is 94.3 Å². The molecule has 0 atom stereocenters. The van der Waals surface area contributed by atoms with Gasteiger partial charge in [-0.3, -0.25) is 9.59 Å². The molecule has 2 rings (SSSR count). The molecule has 0 saturated carbocycles. The fraction of sp³-hybridized carbons (Fsp3) is 0.286. The molecule has 1 heterocycles. The summed E-state index contributed by atoms with van der Waals surface area (Å²) in [6.45, 7) is 0.149. The van der Waals surface area contributed by atoms with Crippen molar-refractivity contribution in [3.05, 3.63) is 35.7 Å². The van der Waals surface area contributed by atoms with Gasteiger partial charge in [-0.2, -0.15) is 13.8 Å². The molecule has 9 heteroatoms. The fourth-order valence-corrected chi connectivity index (χ4v) is 1.69. The van der Waals surface area contributed by atoms with Crippen molar-refractivity contribution < 1.29 is 27.6 Å². The minimum atomic E-state index is -2.84. The van der Waals surface area contributed by atoms with E-state index >= 15 is 0 Å². The summed E-state index contributed by atoms with van der Waals surface area (Å²) in [5.41, 5.74) is 0.781. The Balaban J connectivity index is 1.98. The van der Waals surface area contributed by atoms with E-state index in [0.29, 0.717) is 11.1 Å². The Morgan fingerprint density at radius 3 is 2.57 bits per heavy atom. The largest absolute Gasteiger partial charge is 0.469 e. The van der Waals surface area contributed by atoms with Crippen LogP contribution in [-0.2, 0) is 9.53 Å². The van der Waals surface area contributed by atoms with Gasteiger partial charge < -0.3 is 14.6 Å². The van der Waals surface area contributed by atoms with Crippen LogP contribution in [0.4, 0.5) is 8.78 Å². The average molecular weight is 325 g/mol. The molecular weight excluding hydrogens is 312 g/mol. The Morgan fingerprint density at radius 1 is 1.30 bits per heavy atom. The first-order valence-corrected chi connectivity index (χ1v) is 6.58. The van der Waals surface area contributed by atoms with Gasteiger partial charge in [-0.25, -0.2) is 0 Å². The lowest BCUT2D eigenvalue weighted by Crippen LogP contribution is -2.26. The third kappa shape index (κ3) is 4.31. The Morgan fingerprint density at radius 2 is 2.00 bits per heavy atom. The standard InChI is InChI=1S/C14H13F2N3O4/c1-22-10(20)6-7-17-13(21)9-4-2-8(3-5-9)12-18-14(11(15)16)23-19-12/h2-5,11H,6-7H2,1H3,(H,17,21). The zero-order valence-electron chi connectivity index (χ0n) is 12.1. The molecule has 0 saturated heterocycles. The van der Waals surface area contributed by atoms with Crippen LogP contribution in [0.25, 0.3) is 11.4 Å². The predicted octanol–water partition coefficient (Wildman–Crippen LogP) is 1.97. The molecule has 0 spiro atoms. The van der Waals surface area contributed by atoms with Crippen LogP contribution < -0.4 is 5.32 Å². The Bertz CT molecular complexity index is 686. The van der Waals surface area contributed by atoms with Gasteiger partial charge in [0.25, 0.3) is 11.8 Å². The number of rotatable bonds is 6. The van der Waals surface area contributed by atoms with Crippen molar-refractivity contribution in [2.24, 2.45) is 0 Å². The number of carbonyl (C=O) groups excluding carboxylic acids is 2. The number of nitrogens with zero attached hydrogens (tertiary/aromatic N) is 2. The van der Waals surface area contributed by atoms with Crippen molar-refractivity contribution in [1.29, 1.82) is 0 Å². The monoisotopic (exact) mass is 325 g/mol. The number of hydrogen-bond donors (Lipinski definition) is 1. The van der Waals surface area contributed by atoms with Gasteiger partial charge in [-0.1, -0.05) is 17.3 Å². The summed E-state index contributed by atoms with van der Waals surface area (Å²) in [5.74, 6) is -1.54. The van der Waals surface area contributed by atoms with E-state index in [2.05, 4.69) is 24.7 Å². The van der Waals surface area contributed by atoms with Crippen LogP contribution in [0.2, 0.25) is 0 Å². The maximum Gasteiger partial charge on any atom is 0.315 e. The molecule has 0 fully saturated rings. The minimum absolute atomic E-state index is 0.0120. The normalized spacial score (nSPS) is 10.6. The van der Waals surface area contributed by atoms with Crippen LogP contribution in [0.1, 0.15) is 29.1 Å². The highest BCUT2D eigenvalue weighted by Crippen LogP contribution is 2.21. The molecule has 0 aliphatic rings. The Kier molecular flexibility index (Phi) is 5.34. The van der Waals surface area contributed by atoms with E-state index in [1.165, 1.54) is 31.4 Å². The molecule has 0 unspecified atom stereocenters. The first-order chi connectivity index (χ1) is 11.0.